The van der Waals surface area contributed by atoms with Crippen molar-refractivity contribution in [3.8, 4) is 0 Å². The van der Waals surface area contributed by atoms with Crippen LogP contribution in [0.2, 0.25) is 0 Å². The molecule has 30 heavy (non-hydrogen) atoms. The second-order valence-corrected chi connectivity index (χ2v) is 7.77. The first kappa shape index (κ1) is 21.7. The standard InChI is InChI=1S/C22H30N6O2/c1-13-17(6-7-20(24)27-13)11-26-21(29)14(2)28-22(30)19-9-18(12-25-19)16-5-3-4-15(8-16)10-23/h3-8,14,18-19,25H,9-12,23H2,1-2H3,(H2,24,27)(H,26,29)(H,28,30)/t14-,18+,19+/m0/s1. The number of amides is 2. The Morgan fingerprint density at radius 3 is 2.83 bits per heavy atom. The van der Waals surface area contributed by atoms with E-state index >= 15 is 0 Å². The molecule has 2 heterocycles. The molecule has 0 radical (unpaired) electrons. The van der Waals surface area contributed by atoms with Gasteiger partial charge in [0, 0.05) is 25.3 Å². The normalized spacial score (nSPS) is 19.3. The van der Waals surface area contributed by atoms with Gasteiger partial charge in [-0.1, -0.05) is 30.3 Å². The maximum absolute atomic E-state index is 12.6. The number of hydrogen-bond donors (Lipinski definition) is 5. The molecule has 3 atom stereocenters. The number of pyridine rings is 1. The van der Waals surface area contributed by atoms with Crippen LogP contribution in [0.3, 0.4) is 0 Å². The van der Waals surface area contributed by atoms with Gasteiger partial charge >= 0.3 is 0 Å². The van der Waals surface area contributed by atoms with Crippen LogP contribution in [0.5, 0.6) is 0 Å². The van der Waals surface area contributed by atoms with Crippen molar-refractivity contribution in [1.29, 1.82) is 0 Å². The lowest BCUT2D eigenvalue weighted by molar-refractivity contribution is -0.129. The Labute approximate surface area is 176 Å². The Morgan fingerprint density at radius 2 is 2.10 bits per heavy atom. The number of carbonyl (C=O) groups excluding carboxylic acids is 2. The van der Waals surface area contributed by atoms with Gasteiger partial charge in [0.25, 0.3) is 0 Å². The van der Waals surface area contributed by atoms with Gasteiger partial charge in [-0.25, -0.2) is 4.98 Å². The molecule has 1 aliphatic rings. The summed E-state index contributed by atoms with van der Waals surface area (Å²) in [5.41, 5.74) is 15.3. The fourth-order valence-corrected chi connectivity index (χ4v) is 3.67. The van der Waals surface area contributed by atoms with E-state index in [2.05, 4.69) is 33.1 Å². The van der Waals surface area contributed by atoms with Crippen LogP contribution >= 0.6 is 0 Å². The number of benzene rings is 1. The van der Waals surface area contributed by atoms with Crippen molar-refractivity contribution in [2.24, 2.45) is 5.73 Å². The molecular formula is C22H30N6O2. The first-order chi connectivity index (χ1) is 14.4. The van der Waals surface area contributed by atoms with Crippen molar-refractivity contribution in [3.63, 3.8) is 0 Å². The van der Waals surface area contributed by atoms with E-state index in [-0.39, 0.29) is 23.8 Å². The minimum absolute atomic E-state index is 0.166. The average molecular weight is 411 g/mol. The number of nitrogens with zero attached hydrogens (tertiary/aromatic N) is 1. The van der Waals surface area contributed by atoms with E-state index < -0.39 is 6.04 Å². The summed E-state index contributed by atoms with van der Waals surface area (Å²) in [5.74, 6) is 0.280. The van der Waals surface area contributed by atoms with Gasteiger partial charge in [0.2, 0.25) is 11.8 Å². The van der Waals surface area contributed by atoms with Crippen LogP contribution in [0.25, 0.3) is 0 Å². The summed E-state index contributed by atoms with van der Waals surface area (Å²) in [6.45, 7) is 5.07. The van der Waals surface area contributed by atoms with Gasteiger partial charge in [-0.05, 0) is 48.9 Å². The Hall–Kier alpha value is -2.97. The van der Waals surface area contributed by atoms with Crippen LogP contribution < -0.4 is 27.4 Å². The van der Waals surface area contributed by atoms with Crippen molar-refractivity contribution in [2.45, 2.75) is 51.4 Å². The molecule has 1 saturated heterocycles. The Balaban J connectivity index is 1.49. The predicted molar refractivity (Wildman–Crippen MR) is 116 cm³/mol. The minimum Gasteiger partial charge on any atom is -0.384 e. The lowest BCUT2D eigenvalue weighted by Gasteiger charge is -2.17. The molecule has 160 valence electrons. The van der Waals surface area contributed by atoms with Crippen molar-refractivity contribution >= 4 is 17.6 Å². The van der Waals surface area contributed by atoms with Gasteiger partial charge in [0.05, 0.1) is 6.04 Å². The van der Waals surface area contributed by atoms with Crippen LogP contribution in [0, 0.1) is 6.92 Å². The van der Waals surface area contributed by atoms with Gasteiger partial charge in [-0.3, -0.25) is 9.59 Å². The SMILES string of the molecule is Cc1nc(N)ccc1CNC(=O)[C@H](C)NC(=O)[C@H]1C[C@@H](c2cccc(CN)c2)CN1. The van der Waals surface area contributed by atoms with E-state index in [0.717, 1.165) is 23.4 Å². The molecule has 0 saturated carbocycles. The molecule has 1 aromatic heterocycles. The van der Waals surface area contributed by atoms with E-state index in [0.29, 0.717) is 25.3 Å². The zero-order chi connectivity index (χ0) is 21.7. The number of anilines is 1. The maximum Gasteiger partial charge on any atom is 0.242 e. The number of aryl methyl sites for hydroxylation is 1. The summed E-state index contributed by atoms with van der Waals surface area (Å²) in [7, 11) is 0. The monoisotopic (exact) mass is 410 g/mol. The minimum atomic E-state index is -0.638. The molecule has 1 fully saturated rings. The van der Waals surface area contributed by atoms with Gasteiger partial charge < -0.3 is 27.4 Å². The highest BCUT2D eigenvalue weighted by molar-refractivity contribution is 5.89. The number of nitrogens with two attached hydrogens (primary N) is 2. The molecule has 0 bridgehead atoms. The van der Waals surface area contributed by atoms with Crippen molar-refractivity contribution in [3.05, 3.63) is 58.8 Å². The molecule has 0 aliphatic carbocycles. The molecule has 3 rings (SSSR count). The molecule has 2 aromatic rings. The molecule has 8 heteroatoms. The molecule has 1 aromatic carbocycles. The van der Waals surface area contributed by atoms with Crippen molar-refractivity contribution in [2.75, 3.05) is 12.3 Å². The molecule has 8 nitrogen and oxygen atoms in total. The number of carbonyl (C=O) groups is 2. The third-order valence-corrected chi connectivity index (χ3v) is 5.53. The number of nitrogen functional groups attached to an aromatic ring is 1. The Bertz CT molecular complexity index is 916. The predicted octanol–water partition coefficient (Wildman–Crippen LogP) is 0.698. The molecule has 7 N–H and O–H groups in total. The van der Waals surface area contributed by atoms with Gasteiger partial charge in [-0.2, -0.15) is 0 Å². The van der Waals surface area contributed by atoms with E-state index in [1.54, 1.807) is 13.0 Å². The van der Waals surface area contributed by atoms with E-state index in [4.69, 9.17) is 11.5 Å². The molecule has 1 aliphatic heterocycles. The quantitative estimate of drug-likeness (QED) is 0.456. The summed E-state index contributed by atoms with van der Waals surface area (Å²) in [5, 5.41) is 8.90. The highest BCUT2D eigenvalue weighted by atomic mass is 16.2. The fourth-order valence-electron chi connectivity index (χ4n) is 3.67. The highest BCUT2D eigenvalue weighted by Gasteiger charge is 2.31. The van der Waals surface area contributed by atoms with Crippen LogP contribution in [0.4, 0.5) is 5.82 Å². The van der Waals surface area contributed by atoms with Crippen LogP contribution in [0.1, 0.15) is 41.6 Å². The molecule has 0 spiro atoms. The lowest BCUT2D eigenvalue weighted by Crippen LogP contribution is -2.50. The molecule has 0 unspecified atom stereocenters. The fraction of sp³-hybridized carbons (Fsp3) is 0.409. The third kappa shape index (κ3) is 5.34. The van der Waals surface area contributed by atoms with E-state index in [1.165, 1.54) is 5.56 Å². The molecular weight excluding hydrogens is 380 g/mol. The largest absolute Gasteiger partial charge is 0.384 e. The van der Waals surface area contributed by atoms with Crippen molar-refractivity contribution in [1.82, 2.24) is 20.9 Å². The first-order valence-electron chi connectivity index (χ1n) is 10.2. The van der Waals surface area contributed by atoms with Gasteiger partial charge in [0.1, 0.15) is 11.9 Å². The van der Waals surface area contributed by atoms with Crippen LogP contribution in [-0.2, 0) is 22.7 Å². The topological polar surface area (TPSA) is 135 Å². The first-order valence-corrected chi connectivity index (χ1v) is 10.2. The summed E-state index contributed by atoms with van der Waals surface area (Å²) in [6.07, 6.45) is 0.685. The summed E-state index contributed by atoms with van der Waals surface area (Å²) in [4.78, 5) is 29.2. The Kier molecular flexibility index (Phi) is 7.02. The summed E-state index contributed by atoms with van der Waals surface area (Å²) in [6, 6.07) is 10.7. The number of hydrogen-bond acceptors (Lipinski definition) is 6. The van der Waals surface area contributed by atoms with Crippen LogP contribution in [-0.4, -0.2) is 35.4 Å². The zero-order valence-electron chi connectivity index (χ0n) is 17.4. The number of rotatable bonds is 7. The van der Waals surface area contributed by atoms with Crippen molar-refractivity contribution < 1.29 is 9.59 Å². The average Bonchev–Trinajstić information content (AvgIpc) is 3.23. The van der Waals surface area contributed by atoms with Gasteiger partial charge in [-0.15, -0.1) is 0 Å². The van der Waals surface area contributed by atoms with E-state index in [9.17, 15) is 9.59 Å². The summed E-state index contributed by atoms with van der Waals surface area (Å²) < 4.78 is 0. The van der Waals surface area contributed by atoms with Crippen LogP contribution in [0.15, 0.2) is 36.4 Å². The smallest absolute Gasteiger partial charge is 0.242 e. The third-order valence-electron chi connectivity index (χ3n) is 5.53. The second kappa shape index (κ2) is 9.69. The second-order valence-electron chi connectivity index (χ2n) is 7.77. The highest BCUT2D eigenvalue weighted by Crippen LogP contribution is 2.26. The van der Waals surface area contributed by atoms with E-state index in [1.807, 2.05) is 25.1 Å². The Morgan fingerprint density at radius 1 is 1.30 bits per heavy atom. The lowest BCUT2D eigenvalue weighted by atomic mass is 9.94. The molecule has 2 amide bonds. The zero-order valence-corrected chi connectivity index (χ0v) is 17.4. The number of nitrogens with one attached hydrogen (secondary N) is 3. The maximum atomic E-state index is 12.6. The number of aromatic nitrogens is 1. The van der Waals surface area contributed by atoms with Gasteiger partial charge in [0.15, 0.2) is 0 Å². The summed E-state index contributed by atoms with van der Waals surface area (Å²) >= 11 is 0.